The van der Waals surface area contributed by atoms with Crippen molar-refractivity contribution in [1.82, 2.24) is 14.9 Å². The van der Waals surface area contributed by atoms with Crippen molar-refractivity contribution in [1.29, 1.82) is 0 Å². The van der Waals surface area contributed by atoms with Gasteiger partial charge in [-0.2, -0.15) is 0 Å². The van der Waals surface area contributed by atoms with E-state index in [0.29, 0.717) is 26.1 Å². The molecule has 1 amide bonds. The lowest BCUT2D eigenvalue weighted by Gasteiger charge is -2.31. The van der Waals surface area contributed by atoms with Gasteiger partial charge in [0.05, 0.1) is 36.3 Å². The highest BCUT2D eigenvalue weighted by Gasteiger charge is 2.29. The number of imidazole rings is 1. The number of aromatic nitrogens is 2. The van der Waals surface area contributed by atoms with E-state index in [2.05, 4.69) is 9.97 Å². The van der Waals surface area contributed by atoms with E-state index in [9.17, 15) is 9.59 Å². The first-order valence-electron chi connectivity index (χ1n) is 8.04. The second kappa shape index (κ2) is 6.81. The van der Waals surface area contributed by atoms with Crippen molar-refractivity contribution in [2.75, 3.05) is 19.7 Å². The fourth-order valence-electron chi connectivity index (χ4n) is 3.04. The SMILES string of the molecule is CCOC(=O)C1CCCN(C(=O)Cc2ccc3nc[nH]c3c2)C1. The molecule has 1 saturated heterocycles. The van der Waals surface area contributed by atoms with Gasteiger partial charge in [0.2, 0.25) is 5.91 Å². The van der Waals surface area contributed by atoms with Gasteiger partial charge in [-0.3, -0.25) is 9.59 Å². The number of fused-ring (bicyclic) bond motifs is 1. The van der Waals surface area contributed by atoms with Crippen molar-refractivity contribution in [2.45, 2.75) is 26.2 Å². The number of esters is 1. The Morgan fingerprint density at radius 3 is 3.13 bits per heavy atom. The van der Waals surface area contributed by atoms with E-state index < -0.39 is 0 Å². The predicted octanol–water partition coefficient (Wildman–Crippen LogP) is 1.91. The van der Waals surface area contributed by atoms with E-state index in [1.54, 1.807) is 18.2 Å². The van der Waals surface area contributed by atoms with Crippen molar-refractivity contribution in [3.8, 4) is 0 Å². The molecule has 3 rings (SSSR count). The number of carbonyl (C=O) groups is 2. The van der Waals surface area contributed by atoms with Crippen LogP contribution in [0.15, 0.2) is 24.5 Å². The molecule has 0 saturated carbocycles. The molecule has 2 heterocycles. The summed E-state index contributed by atoms with van der Waals surface area (Å²) in [6.07, 6.45) is 3.62. The van der Waals surface area contributed by atoms with Crippen molar-refractivity contribution in [2.24, 2.45) is 5.92 Å². The number of nitrogens with one attached hydrogen (secondary N) is 1. The number of piperidine rings is 1. The van der Waals surface area contributed by atoms with Gasteiger partial charge in [-0.1, -0.05) is 6.07 Å². The molecular weight excluding hydrogens is 294 g/mol. The topological polar surface area (TPSA) is 75.3 Å². The quantitative estimate of drug-likeness (QED) is 0.875. The highest BCUT2D eigenvalue weighted by Crippen LogP contribution is 2.19. The molecule has 1 fully saturated rings. The average molecular weight is 315 g/mol. The lowest BCUT2D eigenvalue weighted by molar-refractivity contribution is -0.151. The summed E-state index contributed by atoms with van der Waals surface area (Å²) < 4.78 is 5.08. The molecule has 2 aromatic rings. The van der Waals surface area contributed by atoms with Crippen molar-refractivity contribution < 1.29 is 14.3 Å². The van der Waals surface area contributed by atoms with Crippen LogP contribution in [0.5, 0.6) is 0 Å². The molecule has 1 aromatic heterocycles. The molecule has 0 radical (unpaired) electrons. The predicted molar refractivity (Wildman–Crippen MR) is 85.7 cm³/mol. The van der Waals surface area contributed by atoms with Gasteiger partial charge in [0, 0.05) is 13.1 Å². The first-order chi connectivity index (χ1) is 11.2. The zero-order valence-corrected chi connectivity index (χ0v) is 13.2. The van der Waals surface area contributed by atoms with E-state index in [0.717, 1.165) is 29.4 Å². The van der Waals surface area contributed by atoms with Crippen LogP contribution in [0.3, 0.4) is 0 Å². The Bertz CT molecular complexity index is 710. The lowest BCUT2D eigenvalue weighted by Crippen LogP contribution is -2.43. The van der Waals surface area contributed by atoms with Gasteiger partial charge in [-0.05, 0) is 37.5 Å². The molecule has 1 aliphatic rings. The largest absolute Gasteiger partial charge is 0.466 e. The molecule has 23 heavy (non-hydrogen) atoms. The number of rotatable bonds is 4. The molecule has 1 aliphatic heterocycles. The summed E-state index contributed by atoms with van der Waals surface area (Å²) in [5.41, 5.74) is 2.77. The highest BCUT2D eigenvalue weighted by atomic mass is 16.5. The van der Waals surface area contributed by atoms with Gasteiger partial charge in [-0.15, -0.1) is 0 Å². The standard InChI is InChI=1S/C17H21N3O3/c1-2-23-17(22)13-4-3-7-20(10-13)16(21)9-12-5-6-14-15(8-12)19-11-18-14/h5-6,8,11,13H,2-4,7,9-10H2,1H3,(H,18,19). The number of hydrogen-bond donors (Lipinski definition) is 1. The maximum absolute atomic E-state index is 12.5. The van der Waals surface area contributed by atoms with Crippen LogP contribution in [-0.2, 0) is 20.7 Å². The normalized spacial score (nSPS) is 18.1. The number of nitrogens with zero attached hydrogens (tertiary/aromatic N) is 2. The summed E-state index contributed by atoms with van der Waals surface area (Å²) in [6.45, 7) is 3.35. The summed E-state index contributed by atoms with van der Waals surface area (Å²) in [5, 5.41) is 0. The number of amides is 1. The van der Waals surface area contributed by atoms with Crippen LogP contribution in [-0.4, -0.2) is 46.4 Å². The molecule has 1 atom stereocenters. The summed E-state index contributed by atoms with van der Waals surface area (Å²) in [5.74, 6) is -0.329. The summed E-state index contributed by atoms with van der Waals surface area (Å²) >= 11 is 0. The van der Waals surface area contributed by atoms with Crippen LogP contribution in [0.2, 0.25) is 0 Å². The summed E-state index contributed by atoms with van der Waals surface area (Å²) in [6, 6.07) is 5.78. The molecular formula is C17H21N3O3. The Hall–Kier alpha value is -2.37. The molecule has 0 bridgehead atoms. The highest BCUT2D eigenvalue weighted by molar-refractivity contribution is 5.82. The fourth-order valence-corrected chi connectivity index (χ4v) is 3.04. The minimum absolute atomic E-state index is 0.0536. The van der Waals surface area contributed by atoms with Gasteiger partial charge >= 0.3 is 5.97 Å². The molecule has 6 nitrogen and oxygen atoms in total. The lowest BCUT2D eigenvalue weighted by atomic mass is 9.97. The van der Waals surface area contributed by atoms with Crippen LogP contribution < -0.4 is 0 Å². The number of hydrogen-bond acceptors (Lipinski definition) is 4. The minimum atomic E-state index is -0.192. The van der Waals surface area contributed by atoms with Gasteiger partial charge in [0.15, 0.2) is 0 Å². The number of aromatic amines is 1. The molecule has 1 aromatic carbocycles. The monoisotopic (exact) mass is 315 g/mol. The van der Waals surface area contributed by atoms with Crippen LogP contribution in [0, 0.1) is 5.92 Å². The third-order valence-electron chi connectivity index (χ3n) is 4.23. The van der Waals surface area contributed by atoms with Crippen LogP contribution >= 0.6 is 0 Å². The van der Waals surface area contributed by atoms with Gasteiger partial charge < -0.3 is 14.6 Å². The van der Waals surface area contributed by atoms with Gasteiger partial charge in [0.25, 0.3) is 0 Å². The zero-order chi connectivity index (χ0) is 16.2. The number of carbonyl (C=O) groups excluding carboxylic acids is 2. The number of benzene rings is 1. The Morgan fingerprint density at radius 2 is 2.30 bits per heavy atom. The van der Waals surface area contributed by atoms with E-state index in [1.807, 2.05) is 18.2 Å². The molecule has 0 spiro atoms. The Kier molecular flexibility index (Phi) is 4.60. The first-order valence-corrected chi connectivity index (χ1v) is 8.04. The van der Waals surface area contributed by atoms with E-state index in [4.69, 9.17) is 4.74 Å². The molecule has 1 unspecified atom stereocenters. The first kappa shape index (κ1) is 15.5. The summed E-state index contributed by atoms with van der Waals surface area (Å²) in [4.78, 5) is 33.4. The third-order valence-corrected chi connectivity index (χ3v) is 4.23. The number of ether oxygens (including phenoxy) is 1. The van der Waals surface area contributed by atoms with E-state index >= 15 is 0 Å². The van der Waals surface area contributed by atoms with Gasteiger partial charge in [-0.25, -0.2) is 4.98 Å². The second-order valence-electron chi connectivity index (χ2n) is 5.86. The average Bonchev–Trinajstić information content (AvgIpc) is 3.03. The Balaban J connectivity index is 1.63. The number of H-pyrrole nitrogens is 1. The Morgan fingerprint density at radius 1 is 1.43 bits per heavy atom. The van der Waals surface area contributed by atoms with Crippen LogP contribution in [0.1, 0.15) is 25.3 Å². The Labute approximate surface area is 134 Å². The molecule has 1 N–H and O–H groups in total. The zero-order valence-electron chi connectivity index (χ0n) is 13.2. The smallest absolute Gasteiger partial charge is 0.310 e. The maximum atomic E-state index is 12.5. The second-order valence-corrected chi connectivity index (χ2v) is 5.86. The summed E-state index contributed by atoms with van der Waals surface area (Å²) in [7, 11) is 0. The van der Waals surface area contributed by atoms with Crippen LogP contribution in [0.4, 0.5) is 0 Å². The van der Waals surface area contributed by atoms with Gasteiger partial charge in [0.1, 0.15) is 0 Å². The van der Waals surface area contributed by atoms with Crippen LogP contribution in [0.25, 0.3) is 11.0 Å². The maximum Gasteiger partial charge on any atom is 0.310 e. The van der Waals surface area contributed by atoms with Crippen molar-refractivity contribution in [3.63, 3.8) is 0 Å². The fraction of sp³-hybridized carbons (Fsp3) is 0.471. The van der Waals surface area contributed by atoms with Crippen molar-refractivity contribution >= 4 is 22.9 Å². The minimum Gasteiger partial charge on any atom is -0.466 e. The number of likely N-dealkylation sites (tertiary alicyclic amines) is 1. The van der Waals surface area contributed by atoms with E-state index in [-0.39, 0.29) is 17.8 Å². The van der Waals surface area contributed by atoms with E-state index in [1.165, 1.54) is 0 Å². The molecule has 122 valence electrons. The molecule has 0 aliphatic carbocycles. The molecule has 6 heteroatoms. The van der Waals surface area contributed by atoms with Crippen molar-refractivity contribution in [3.05, 3.63) is 30.1 Å². The third kappa shape index (κ3) is 3.52.